The SMILES string of the molecule is CN(CC(=O)NCCC(O)c1ccccc1)C1CC1. The molecule has 0 bridgehead atoms. The van der Waals surface area contributed by atoms with E-state index in [0.29, 0.717) is 25.6 Å². The number of amides is 1. The first kappa shape index (κ1) is 14.0. The van der Waals surface area contributed by atoms with Crippen molar-refractivity contribution in [3.8, 4) is 0 Å². The average molecular weight is 262 g/mol. The minimum atomic E-state index is -0.511. The van der Waals surface area contributed by atoms with Crippen LogP contribution in [0.3, 0.4) is 0 Å². The molecule has 1 unspecified atom stereocenters. The molecule has 1 aromatic rings. The van der Waals surface area contributed by atoms with Gasteiger partial charge in [-0.1, -0.05) is 30.3 Å². The zero-order chi connectivity index (χ0) is 13.7. The molecule has 2 rings (SSSR count). The Morgan fingerprint density at radius 3 is 2.74 bits per heavy atom. The van der Waals surface area contributed by atoms with Crippen molar-refractivity contribution in [3.63, 3.8) is 0 Å². The molecule has 19 heavy (non-hydrogen) atoms. The number of carbonyl (C=O) groups excluding carboxylic acids is 1. The highest BCUT2D eigenvalue weighted by atomic mass is 16.3. The summed E-state index contributed by atoms with van der Waals surface area (Å²) < 4.78 is 0. The summed E-state index contributed by atoms with van der Waals surface area (Å²) in [6, 6.07) is 10.1. The molecule has 1 aromatic carbocycles. The van der Waals surface area contributed by atoms with Gasteiger partial charge in [-0.2, -0.15) is 0 Å². The number of nitrogens with one attached hydrogen (secondary N) is 1. The lowest BCUT2D eigenvalue weighted by Gasteiger charge is -2.16. The molecular formula is C15H22N2O2. The number of nitrogens with zero attached hydrogens (tertiary/aromatic N) is 1. The van der Waals surface area contributed by atoms with Crippen molar-refractivity contribution in [3.05, 3.63) is 35.9 Å². The fourth-order valence-electron chi connectivity index (χ4n) is 2.12. The Morgan fingerprint density at radius 2 is 2.11 bits per heavy atom. The largest absolute Gasteiger partial charge is 0.388 e. The molecule has 0 radical (unpaired) electrons. The van der Waals surface area contributed by atoms with Crippen LogP contribution in [0.4, 0.5) is 0 Å². The molecule has 0 heterocycles. The second-order valence-electron chi connectivity index (χ2n) is 5.21. The van der Waals surface area contributed by atoms with Crippen LogP contribution in [0, 0.1) is 0 Å². The molecule has 1 atom stereocenters. The predicted octanol–water partition coefficient (Wildman–Crippen LogP) is 1.32. The van der Waals surface area contributed by atoms with Crippen LogP contribution < -0.4 is 5.32 Å². The molecule has 2 N–H and O–H groups in total. The minimum absolute atomic E-state index is 0.0367. The number of carbonyl (C=O) groups is 1. The molecule has 104 valence electrons. The van der Waals surface area contributed by atoms with Crippen molar-refractivity contribution in [1.82, 2.24) is 10.2 Å². The van der Waals surface area contributed by atoms with Gasteiger partial charge < -0.3 is 10.4 Å². The number of rotatable bonds is 7. The minimum Gasteiger partial charge on any atom is -0.388 e. The summed E-state index contributed by atoms with van der Waals surface area (Å²) in [6.07, 6.45) is 2.44. The molecule has 1 fully saturated rings. The first-order valence-corrected chi connectivity index (χ1v) is 6.87. The van der Waals surface area contributed by atoms with Gasteiger partial charge in [0.05, 0.1) is 12.6 Å². The Kier molecular flexibility index (Phi) is 4.93. The van der Waals surface area contributed by atoms with Gasteiger partial charge in [-0.15, -0.1) is 0 Å². The van der Waals surface area contributed by atoms with E-state index < -0.39 is 6.10 Å². The molecule has 1 aliphatic carbocycles. The standard InChI is InChI=1S/C15H22N2O2/c1-17(13-7-8-13)11-15(19)16-10-9-14(18)12-5-3-2-4-6-12/h2-6,13-14,18H,7-11H2,1H3,(H,16,19). The molecule has 4 heteroatoms. The quantitative estimate of drug-likeness (QED) is 0.779. The summed E-state index contributed by atoms with van der Waals surface area (Å²) in [5, 5.41) is 12.8. The van der Waals surface area contributed by atoms with Crippen LogP contribution in [0.15, 0.2) is 30.3 Å². The van der Waals surface area contributed by atoms with E-state index in [1.165, 1.54) is 12.8 Å². The second kappa shape index (κ2) is 6.68. The second-order valence-corrected chi connectivity index (χ2v) is 5.21. The number of benzene rings is 1. The van der Waals surface area contributed by atoms with E-state index in [1.807, 2.05) is 37.4 Å². The van der Waals surface area contributed by atoms with Gasteiger partial charge in [0.15, 0.2) is 0 Å². The molecule has 1 aliphatic rings. The van der Waals surface area contributed by atoms with Gasteiger partial charge in [0.1, 0.15) is 0 Å². The first-order chi connectivity index (χ1) is 9.16. The van der Waals surface area contributed by atoms with Crippen LogP contribution in [0.1, 0.15) is 30.9 Å². The van der Waals surface area contributed by atoms with Gasteiger partial charge in [-0.05, 0) is 31.9 Å². The molecule has 0 spiro atoms. The van der Waals surface area contributed by atoms with Gasteiger partial charge >= 0.3 is 0 Å². The lowest BCUT2D eigenvalue weighted by Crippen LogP contribution is -2.36. The van der Waals surface area contributed by atoms with Gasteiger partial charge in [-0.3, -0.25) is 9.69 Å². The zero-order valence-corrected chi connectivity index (χ0v) is 11.4. The fraction of sp³-hybridized carbons (Fsp3) is 0.533. The van der Waals surface area contributed by atoms with E-state index in [1.54, 1.807) is 0 Å². The third-order valence-corrected chi connectivity index (χ3v) is 3.49. The Bertz CT molecular complexity index is 404. The maximum atomic E-state index is 11.7. The van der Waals surface area contributed by atoms with E-state index in [0.717, 1.165) is 5.56 Å². The van der Waals surface area contributed by atoms with Gasteiger partial charge in [0.2, 0.25) is 5.91 Å². The first-order valence-electron chi connectivity index (χ1n) is 6.87. The van der Waals surface area contributed by atoms with Crippen LogP contribution in [-0.4, -0.2) is 42.1 Å². The van der Waals surface area contributed by atoms with Crippen molar-refractivity contribution >= 4 is 5.91 Å². The summed E-state index contributed by atoms with van der Waals surface area (Å²) in [5.74, 6) is 0.0367. The monoisotopic (exact) mass is 262 g/mol. The summed E-state index contributed by atoms with van der Waals surface area (Å²) in [4.78, 5) is 13.8. The highest BCUT2D eigenvalue weighted by molar-refractivity contribution is 5.78. The third-order valence-electron chi connectivity index (χ3n) is 3.49. The Labute approximate surface area is 114 Å². The number of hydrogen-bond donors (Lipinski definition) is 2. The Balaban J connectivity index is 1.64. The fourth-order valence-corrected chi connectivity index (χ4v) is 2.12. The van der Waals surface area contributed by atoms with Gasteiger partial charge in [0, 0.05) is 12.6 Å². The van der Waals surface area contributed by atoms with E-state index in [9.17, 15) is 9.90 Å². The number of aliphatic hydroxyl groups excluding tert-OH is 1. The van der Waals surface area contributed by atoms with Crippen molar-refractivity contribution in [2.24, 2.45) is 0 Å². The smallest absolute Gasteiger partial charge is 0.234 e. The van der Waals surface area contributed by atoms with Crippen molar-refractivity contribution in [2.45, 2.75) is 31.4 Å². The third kappa shape index (κ3) is 4.65. The zero-order valence-electron chi connectivity index (χ0n) is 11.4. The normalized spacial score (nSPS) is 16.4. The highest BCUT2D eigenvalue weighted by Gasteiger charge is 2.27. The van der Waals surface area contributed by atoms with Crippen molar-refractivity contribution in [2.75, 3.05) is 20.1 Å². The highest BCUT2D eigenvalue weighted by Crippen LogP contribution is 2.24. The maximum Gasteiger partial charge on any atom is 0.234 e. The summed E-state index contributed by atoms with van der Waals surface area (Å²) in [6.45, 7) is 0.958. The molecule has 0 aliphatic heterocycles. The van der Waals surface area contributed by atoms with Crippen LogP contribution >= 0.6 is 0 Å². The summed E-state index contributed by atoms with van der Waals surface area (Å²) >= 11 is 0. The summed E-state index contributed by atoms with van der Waals surface area (Å²) in [5.41, 5.74) is 0.895. The average Bonchev–Trinajstić information content (AvgIpc) is 3.24. The molecule has 0 aromatic heterocycles. The Morgan fingerprint density at radius 1 is 1.42 bits per heavy atom. The van der Waals surface area contributed by atoms with Crippen molar-refractivity contribution in [1.29, 1.82) is 0 Å². The maximum absolute atomic E-state index is 11.7. The van der Waals surface area contributed by atoms with Crippen LogP contribution in [0.25, 0.3) is 0 Å². The van der Waals surface area contributed by atoms with Crippen LogP contribution in [-0.2, 0) is 4.79 Å². The lowest BCUT2D eigenvalue weighted by atomic mass is 10.1. The van der Waals surface area contributed by atoms with E-state index in [-0.39, 0.29) is 5.91 Å². The molecule has 1 saturated carbocycles. The Hall–Kier alpha value is -1.39. The van der Waals surface area contributed by atoms with Crippen LogP contribution in [0.2, 0.25) is 0 Å². The number of hydrogen-bond acceptors (Lipinski definition) is 3. The van der Waals surface area contributed by atoms with Gasteiger partial charge in [-0.25, -0.2) is 0 Å². The summed E-state index contributed by atoms with van der Waals surface area (Å²) in [7, 11) is 1.98. The number of likely N-dealkylation sites (N-methyl/N-ethyl adjacent to an activating group) is 1. The molecule has 1 amide bonds. The van der Waals surface area contributed by atoms with E-state index in [4.69, 9.17) is 0 Å². The molecule has 4 nitrogen and oxygen atoms in total. The molecule has 0 saturated heterocycles. The predicted molar refractivity (Wildman–Crippen MR) is 74.7 cm³/mol. The van der Waals surface area contributed by atoms with E-state index in [2.05, 4.69) is 10.2 Å². The topological polar surface area (TPSA) is 52.6 Å². The van der Waals surface area contributed by atoms with Crippen LogP contribution in [0.5, 0.6) is 0 Å². The number of aliphatic hydroxyl groups is 1. The lowest BCUT2D eigenvalue weighted by molar-refractivity contribution is -0.122. The van der Waals surface area contributed by atoms with Crippen molar-refractivity contribution < 1.29 is 9.90 Å². The molecular weight excluding hydrogens is 240 g/mol. The van der Waals surface area contributed by atoms with Gasteiger partial charge in [0.25, 0.3) is 0 Å². The van der Waals surface area contributed by atoms with E-state index >= 15 is 0 Å².